The van der Waals surface area contributed by atoms with Crippen LogP contribution in [0.25, 0.3) is 33.5 Å². The van der Waals surface area contributed by atoms with Crippen LogP contribution in [0.3, 0.4) is 0 Å². The molecule has 0 amide bonds. The van der Waals surface area contributed by atoms with Gasteiger partial charge in [-0.15, -0.1) is 0 Å². The molecule has 0 aliphatic carbocycles. The molecule has 4 aromatic carbocycles. The van der Waals surface area contributed by atoms with E-state index in [9.17, 15) is 26.3 Å². The van der Waals surface area contributed by atoms with Crippen LogP contribution in [0.5, 0.6) is 0 Å². The fraction of sp³-hybridized carbons (Fsp3) is 0.441. The van der Waals surface area contributed by atoms with Crippen molar-refractivity contribution in [2.75, 3.05) is 13.2 Å². The van der Waals surface area contributed by atoms with Gasteiger partial charge in [0.05, 0.1) is 17.3 Å². The zero-order valence-corrected chi connectivity index (χ0v) is 45.3. The van der Waals surface area contributed by atoms with E-state index in [-0.39, 0.29) is 55.8 Å². The Kier molecular flexibility index (Phi) is 16.7. The molecule has 4 nitrogen and oxygen atoms in total. The van der Waals surface area contributed by atoms with Gasteiger partial charge in [-0.1, -0.05) is 187 Å². The maximum Gasteiger partial charge on any atom is 0.598 e. The van der Waals surface area contributed by atoms with Crippen molar-refractivity contribution in [3.63, 3.8) is 0 Å². The zero-order chi connectivity index (χ0) is 57.9. The third-order valence-corrected chi connectivity index (χ3v) is 13.5. The van der Waals surface area contributed by atoms with Gasteiger partial charge in [0.15, 0.2) is 0 Å². The SMILES string of the molecule is CC(C/C(=C1/N=C(c2ccc(C(C)(C)C)cc2)C=C1c1ccc(C(C)(C)C)cc1)c1c(-c2ccc(C(C)(C)C)cc2)cc(-c2ccc(C(C)(C)C)cc2)n1B(OCC(F)(F)C(F)(F)F)OCC(F)(F)C(F)(F)F)C(F)(F)F. The molecule has 416 valence electrons. The molecular weight excluding hydrogens is 1030 g/mol. The quantitative estimate of drug-likeness (QED) is 0.0821. The number of benzene rings is 4. The summed E-state index contributed by atoms with van der Waals surface area (Å²) in [6.07, 6.45) is -17.1. The Balaban J connectivity index is 1.87. The van der Waals surface area contributed by atoms with Gasteiger partial charge in [-0.25, -0.2) is 4.99 Å². The molecule has 1 atom stereocenters. The van der Waals surface area contributed by atoms with Gasteiger partial charge in [0.1, 0.15) is 13.2 Å². The standard InChI is InChI=1S/C59H64BF13N2O2/c1-35(57(65,66)67)30-46(49-44(36-14-22-40(23-15-36)51(2,3)4)31-47(74-49)38-18-26-42(27-19-38)53(8,9)10)50-45(37-16-24-41(25-17-37)52(5,6)7)32-48(39-20-28-43(29-21-39)54(11,12)13)75(50)60(76-33-55(61,62)58(68,69)70)77-34-56(63,64)59(71,72)73/h14-29,31-32,35H,30,33-34H2,1-13H3/b49-46-. The zero-order valence-electron chi connectivity index (χ0n) is 45.3. The van der Waals surface area contributed by atoms with Crippen molar-refractivity contribution in [3.05, 3.63) is 154 Å². The van der Waals surface area contributed by atoms with E-state index in [4.69, 9.17) is 14.3 Å². The summed E-state index contributed by atoms with van der Waals surface area (Å²) in [6, 6.07) is 28.4. The summed E-state index contributed by atoms with van der Waals surface area (Å²) in [6.45, 7) is 18.7. The minimum Gasteiger partial charge on any atom is -0.385 e. The number of halogens is 13. The minimum atomic E-state index is -6.34. The maximum atomic E-state index is 15.3. The summed E-state index contributed by atoms with van der Waals surface area (Å²) in [5.74, 6) is -13.8. The molecule has 18 heteroatoms. The van der Waals surface area contributed by atoms with E-state index in [1.807, 2.05) is 107 Å². The summed E-state index contributed by atoms with van der Waals surface area (Å²) in [7, 11) is -3.04. The molecule has 1 unspecified atom stereocenters. The summed E-state index contributed by atoms with van der Waals surface area (Å²) in [4.78, 5) is 5.03. The average Bonchev–Trinajstić information content (AvgIpc) is 3.92. The average molecular weight is 1090 g/mol. The van der Waals surface area contributed by atoms with Crippen LogP contribution in [0.1, 0.15) is 136 Å². The van der Waals surface area contributed by atoms with E-state index >= 15 is 30.7 Å². The largest absolute Gasteiger partial charge is 0.598 e. The topological polar surface area (TPSA) is 35.8 Å². The van der Waals surface area contributed by atoms with Crippen LogP contribution < -0.4 is 0 Å². The molecule has 1 aliphatic heterocycles. The Morgan fingerprint density at radius 3 is 1.19 bits per heavy atom. The van der Waals surface area contributed by atoms with E-state index < -0.39 is 79.7 Å². The van der Waals surface area contributed by atoms with Crippen molar-refractivity contribution in [3.8, 4) is 22.4 Å². The maximum absolute atomic E-state index is 15.3. The van der Waals surface area contributed by atoms with Crippen LogP contribution in [0, 0.1) is 5.92 Å². The molecule has 0 bridgehead atoms. The highest BCUT2D eigenvalue weighted by molar-refractivity contribution is 6.44. The molecule has 0 saturated heterocycles. The van der Waals surface area contributed by atoms with Gasteiger partial charge in [0.25, 0.3) is 0 Å². The van der Waals surface area contributed by atoms with Crippen molar-refractivity contribution in [2.24, 2.45) is 10.9 Å². The smallest absolute Gasteiger partial charge is 0.385 e. The van der Waals surface area contributed by atoms with E-state index in [0.717, 1.165) is 23.6 Å². The predicted molar refractivity (Wildman–Crippen MR) is 279 cm³/mol. The van der Waals surface area contributed by atoms with Crippen LogP contribution in [0.15, 0.2) is 120 Å². The number of allylic oxidation sites excluding steroid dienone is 3. The number of alkyl halides is 13. The Morgan fingerprint density at radius 1 is 0.494 bits per heavy atom. The first-order valence-corrected chi connectivity index (χ1v) is 24.9. The van der Waals surface area contributed by atoms with E-state index in [1.54, 1.807) is 66.7 Å². The first-order chi connectivity index (χ1) is 35.0. The number of rotatable bonds is 14. The van der Waals surface area contributed by atoms with Gasteiger partial charge in [-0.2, -0.15) is 57.1 Å². The molecule has 77 heavy (non-hydrogen) atoms. The van der Waals surface area contributed by atoms with Crippen molar-refractivity contribution < 1.29 is 66.4 Å². The first-order valence-electron chi connectivity index (χ1n) is 24.9. The van der Waals surface area contributed by atoms with Crippen molar-refractivity contribution >= 4 is 24.1 Å². The Morgan fingerprint density at radius 2 is 0.844 bits per heavy atom. The fourth-order valence-electron chi connectivity index (χ4n) is 8.53. The number of aromatic nitrogens is 1. The third kappa shape index (κ3) is 13.8. The Bertz CT molecular complexity index is 2940. The van der Waals surface area contributed by atoms with E-state index in [1.165, 1.54) is 18.2 Å². The number of nitrogens with zero attached hydrogens (tertiary/aromatic N) is 2. The molecule has 2 heterocycles. The first kappa shape index (κ1) is 60.6. The number of hydrogen-bond acceptors (Lipinski definition) is 3. The van der Waals surface area contributed by atoms with E-state index in [2.05, 4.69) is 0 Å². The summed E-state index contributed by atoms with van der Waals surface area (Å²) in [5, 5.41) is 0. The van der Waals surface area contributed by atoms with Gasteiger partial charge in [0, 0.05) is 33.7 Å². The van der Waals surface area contributed by atoms with Gasteiger partial charge in [-0.05, 0) is 79.2 Å². The molecule has 6 rings (SSSR count). The monoisotopic (exact) mass is 1090 g/mol. The lowest BCUT2D eigenvalue weighted by Crippen LogP contribution is -2.48. The Labute approximate surface area is 442 Å². The summed E-state index contributed by atoms with van der Waals surface area (Å²) in [5.41, 5.74) is 1.93. The van der Waals surface area contributed by atoms with Crippen LogP contribution in [0.2, 0.25) is 0 Å². The van der Waals surface area contributed by atoms with Crippen molar-refractivity contribution in [1.82, 2.24) is 4.48 Å². The summed E-state index contributed by atoms with van der Waals surface area (Å²) < 4.78 is 201. The lowest BCUT2D eigenvalue weighted by atomic mass is 9.84. The normalized spacial score (nSPS) is 15.7. The van der Waals surface area contributed by atoms with E-state index in [0.29, 0.717) is 21.2 Å². The number of aliphatic imine (C=N–C) groups is 1. The molecule has 1 aliphatic rings. The molecule has 5 aromatic rings. The molecule has 0 spiro atoms. The van der Waals surface area contributed by atoms with Crippen LogP contribution in [-0.4, -0.2) is 61.0 Å². The van der Waals surface area contributed by atoms with Crippen molar-refractivity contribution in [1.29, 1.82) is 0 Å². The van der Waals surface area contributed by atoms with Gasteiger partial charge >= 0.3 is 37.6 Å². The second-order valence-corrected chi connectivity index (χ2v) is 23.8. The highest BCUT2D eigenvalue weighted by Gasteiger charge is 2.60. The van der Waals surface area contributed by atoms with Crippen LogP contribution in [-0.2, 0) is 31.0 Å². The van der Waals surface area contributed by atoms with Gasteiger partial charge < -0.3 is 13.8 Å². The highest BCUT2D eigenvalue weighted by Crippen LogP contribution is 2.48. The lowest BCUT2D eigenvalue weighted by Gasteiger charge is -2.28. The van der Waals surface area contributed by atoms with Crippen LogP contribution >= 0.6 is 0 Å². The molecule has 0 radical (unpaired) electrons. The third-order valence-electron chi connectivity index (χ3n) is 13.5. The van der Waals surface area contributed by atoms with Crippen molar-refractivity contribution in [2.45, 2.75) is 148 Å². The minimum absolute atomic E-state index is 0.0554. The molecule has 0 fully saturated rings. The van der Waals surface area contributed by atoms with Gasteiger partial charge in [-0.3, -0.25) is 0 Å². The second kappa shape index (κ2) is 21.2. The van der Waals surface area contributed by atoms with Gasteiger partial charge in [0.2, 0.25) is 0 Å². The number of hydrogen-bond donors (Lipinski definition) is 0. The van der Waals surface area contributed by atoms with Crippen LogP contribution in [0.4, 0.5) is 57.1 Å². The second-order valence-electron chi connectivity index (χ2n) is 23.8. The molecule has 1 aromatic heterocycles. The predicted octanol–water partition coefficient (Wildman–Crippen LogP) is 18.2. The molecule has 0 N–H and O–H groups in total. The highest BCUT2D eigenvalue weighted by atomic mass is 19.4. The summed E-state index contributed by atoms with van der Waals surface area (Å²) >= 11 is 0. The molecule has 0 saturated carbocycles. The Hall–Kier alpha value is -5.62. The lowest BCUT2D eigenvalue weighted by molar-refractivity contribution is -0.295. The molecular formula is C59H64BF13N2O2. The fourth-order valence-corrected chi connectivity index (χ4v) is 8.53.